The Labute approximate surface area is 82.6 Å². The predicted octanol–water partition coefficient (Wildman–Crippen LogP) is 0.936. The molecule has 1 unspecified atom stereocenters. The zero-order valence-electron chi connectivity index (χ0n) is 8.66. The molecule has 2 atom stereocenters. The number of carbonyl (C=O) groups is 1. The van der Waals surface area contributed by atoms with E-state index >= 15 is 0 Å². The topological polar surface area (TPSA) is 49.8 Å². The van der Waals surface area contributed by atoms with Crippen molar-refractivity contribution < 1.29 is 19.0 Å². The van der Waals surface area contributed by atoms with Crippen molar-refractivity contribution in [1.82, 2.24) is 4.90 Å². The Kier molecular flexibility index (Phi) is 2.99. The van der Waals surface area contributed by atoms with Crippen LogP contribution in [0.2, 0.25) is 0 Å². The van der Waals surface area contributed by atoms with Crippen LogP contribution in [0.15, 0.2) is 0 Å². The van der Waals surface area contributed by atoms with E-state index < -0.39 is 24.0 Å². The number of aliphatic hydroxyl groups excluding tert-OH is 1. The summed E-state index contributed by atoms with van der Waals surface area (Å²) in [4.78, 5) is 12.6. The van der Waals surface area contributed by atoms with Gasteiger partial charge >= 0.3 is 6.09 Å². The first kappa shape index (κ1) is 11.2. The van der Waals surface area contributed by atoms with Crippen molar-refractivity contribution in [3.05, 3.63) is 0 Å². The van der Waals surface area contributed by atoms with Gasteiger partial charge in [-0.1, -0.05) is 0 Å². The highest BCUT2D eigenvalue weighted by Gasteiger charge is 2.35. The highest BCUT2D eigenvalue weighted by Crippen LogP contribution is 2.17. The van der Waals surface area contributed by atoms with Gasteiger partial charge in [-0.2, -0.15) is 0 Å². The smallest absolute Gasteiger partial charge is 0.410 e. The summed E-state index contributed by atoms with van der Waals surface area (Å²) in [6.07, 6.45) is -3.01. The Morgan fingerprint density at radius 3 is 2.43 bits per heavy atom. The summed E-state index contributed by atoms with van der Waals surface area (Å²) in [5.41, 5.74) is -0.587. The van der Waals surface area contributed by atoms with Crippen molar-refractivity contribution in [2.75, 3.05) is 13.1 Å². The SMILES string of the molecule is CC(C)(C)OC(=O)N1CC(F)[C@@H](O)C1. The van der Waals surface area contributed by atoms with E-state index in [1.807, 2.05) is 0 Å². The summed E-state index contributed by atoms with van der Waals surface area (Å²) in [5, 5.41) is 9.09. The number of carbonyl (C=O) groups excluding carboxylic acids is 1. The molecule has 0 aliphatic carbocycles. The van der Waals surface area contributed by atoms with Crippen LogP contribution in [-0.4, -0.2) is 47.1 Å². The Hall–Kier alpha value is -0.840. The fourth-order valence-corrected chi connectivity index (χ4v) is 1.22. The molecule has 0 saturated carbocycles. The molecule has 0 radical (unpaired) electrons. The van der Waals surface area contributed by atoms with Gasteiger partial charge in [-0.15, -0.1) is 0 Å². The molecule has 1 heterocycles. The van der Waals surface area contributed by atoms with E-state index in [-0.39, 0.29) is 13.1 Å². The lowest BCUT2D eigenvalue weighted by Gasteiger charge is -2.23. The van der Waals surface area contributed by atoms with Crippen molar-refractivity contribution in [2.24, 2.45) is 0 Å². The van der Waals surface area contributed by atoms with E-state index in [9.17, 15) is 9.18 Å². The molecule has 1 aliphatic rings. The van der Waals surface area contributed by atoms with Gasteiger partial charge in [-0.3, -0.25) is 0 Å². The van der Waals surface area contributed by atoms with Crippen LogP contribution in [0.5, 0.6) is 0 Å². The first-order valence-electron chi connectivity index (χ1n) is 4.59. The van der Waals surface area contributed by atoms with Crippen LogP contribution in [0.25, 0.3) is 0 Å². The second kappa shape index (κ2) is 3.73. The zero-order valence-corrected chi connectivity index (χ0v) is 8.66. The second-order valence-electron chi connectivity index (χ2n) is 4.47. The zero-order chi connectivity index (χ0) is 10.9. The maximum Gasteiger partial charge on any atom is 0.410 e. The number of alkyl halides is 1. The van der Waals surface area contributed by atoms with E-state index in [0.717, 1.165) is 0 Å². The Balaban J connectivity index is 2.48. The molecule has 14 heavy (non-hydrogen) atoms. The van der Waals surface area contributed by atoms with Crippen molar-refractivity contribution in [2.45, 2.75) is 38.6 Å². The third-order valence-corrected chi connectivity index (χ3v) is 1.87. The molecule has 1 rings (SSSR count). The molecule has 0 bridgehead atoms. The summed E-state index contributed by atoms with van der Waals surface area (Å²) >= 11 is 0. The quantitative estimate of drug-likeness (QED) is 0.640. The van der Waals surface area contributed by atoms with Crippen LogP contribution in [0.1, 0.15) is 20.8 Å². The van der Waals surface area contributed by atoms with Crippen molar-refractivity contribution in [3.8, 4) is 0 Å². The van der Waals surface area contributed by atoms with Crippen LogP contribution in [0.3, 0.4) is 0 Å². The van der Waals surface area contributed by atoms with Gasteiger partial charge < -0.3 is 14.7 Å². The lowest BCUT2D eigenvalue weighted by molar-refractivity contribution is 0.0269. The first-order valence-corrected chi connectivity index (χ1v) is 4.59. The van der Waals surface area contributed by atoms with Gasteiger partial charge in [0.15, 0.2) is 0 Å². The number of aliphatic hydroxyl groups is 1. The van der Waals surface area contributed by atoms with Crippen LogP contribution >= 0.6 is 0 Å². The molecule has 1 aliphatic heterocycles. The Morgan fingerprint density at radius 1 is 1.50 bits per heavy atom. The lowest BCUT2D eigenvalue weighted by atomic mass is 10.2. The molecule has 1 N–H and O–H groups in total. The fourth-order valence-electron chi connectivity index (χ4n) is 1.22. The molecule has 0 spiro atoms. The van der Waals surface area contributed by atoms with Crippen LogP contribution < -0.4 is 0 Å². The summed E-state index contributed by atoms with van der Waals surface area (Å²) < 4.78 is 17.9. The number of halogens is 1. The maximum atomic E-state index is 12.9. The van der Waals surface area contributed by atoms with Crippen LogP contribution in [-0.2, 0) is 4.74 Å². The van der Waals surface area contributed by atoms with Gasteiger partial charge in [0, 0.05) is 0 Å². The third kappa shape index (κ3) is 2.83. The number of rotatable bonds is 0. The van der Waals surface area contributed by atoms with E-state index in [1.165, 1.54) is 4.90 Å². The number of ether oxygens (including phenoxy) is 1. The van der Waals surface area contributed by atoms with Crippen LogP contribution in [0.4, 0.5) is 9.18 Å². The minimum atomic E-state index is -1.36. The highest BCUT2D eigenvalue weighted by molar-refractivity contribution is 5.68. The average Bonchev–Trinajstić information content (AvgIpc) is 2.28. The molecule has 1 saturated heterocycles. The van der Waals surface area contributed by atoms with Gasteiger partial charge in [-0.25, -0.2) is 9.18 Å². The first-order chi connectivity index (χ1) is 6.29. The molecular formula is C9H16FNO3. The lowest BCUT2D eigenvalue weighted by Crippen LogP contribution is -2.35. The van der Waals surface area contributed by atoms with Gasteiger partial charge in [0.05, 0.1) is 13.1 Å². The molecule has 0 aromatic heterocycles. The molecule has 0 aromatic carbocycles. The molecule has 0 aromatic rings. The van der Waals surface area contributed by atoms with E-state index in [4.69, 9.17) is 9.84 Å². The van der Waals surface area contributed by atoms with Gasteiger partial charge in [0.1, 0.15) is 17.9 Å². The molecule has 4 nitrogen and oxygen atoms in total. The highest BCUT2D eigenvalue weighted by atomic mass is 19.1. The largest absolute Gasteiger partial charge is 0.444 e. The molecule has 1 amide bonds. The number of hydrogen-bond donors (Lipinski definition) is 1. The number of nitrogens with zero attached hydrogens (tertiary/aromatic N) is 1. The fraction of sp³-hybridized carbons (Fsp3) is 0.889. The minimum absolute atomic E-state index is 0.0100. The van der Waals surface area contributed by atoms with Gasteiger partial charge in [0.2, 0.25) is 0 Å². The standard InChI is InChI=1S/C9H16FNO3/c1-9(2,3)14-8(13)11-4-6(10)7(12)5-11/h6-7,12H,4-5H2,1-3H3/t6?,7-/m0/s1. The van der Waals surface area contributed by atoms with E-state index in [1.54, 1.807) is 20.8 Å². The third-order valence-electron chi connectivity index (χ3n) is 1.87. The van der Waals surface area contributed by atoms with Gasteiger partial charge in [0.25, 0.3) is 0 Å². The number of β-amino-alcohol motifs (C(OH)–C–C–N with tert-alkyl or cyclic N) is 1. The van der Waals surface area contributed by atoms with Crippen molar-refractivity contribution in [3.63, 3.8) is 0 Å². The Bertz CT molecular complexity index is 217. The average molecular weight is 205 g/mol. The van der Waals surface area contributed by atoms with Crippen LogP contribution in [0, 0.1) is 0 Å². The number of hydrogen-bond acceptors (Lipinski definition) is 3. The van der Waals surface area contributed by atoms with E-state index in [2.05, 4.69) is 0 Å². The molecule has 5 heteroatoms. The van der Waals surface area contributed by atoms with Crippen molar-refractivity contribution in [1.29, 1.82) is 0 Å². The monoisotopic (exact) mass is 205 g/mol. The summed E-state index contributed by atoms with van der Waals surface area (Å²) in [5.74, 6) is 0. The number of amides is 1. The van der Waals surface area contributed by atoms with Crippen molar-refractivity contribution >= 4 is 6.09 Å². The summed E-state index contributed by atoms with van der Waals surface area (Å²) in [7, 11) is 0. The molecule has 82 valence electrons. The number of likely N-dealkylation sites (tertiary alicyclic amines) is 1. The summed E-state index contributed by atoms with van der Waals surface area (Å²) in [6, 6.07) is 0. The van der Waals surface area contributed by atoms with E-state index in [0.29, 0.717) is 0 Å². The molecular weight excluding hydrogens is 189 g/mol. The maximum absolute atomic E-state index is 12.9. The van der Waals surface area contributed by atoms with Gasteiger partial charge in [-0.05, 0) is 20.8 Å². The molecule has 1 fully saturated rings. The minimum Gasteiger partial charge on any atom is -0.444 e. The second-order valence-corrected chi connectivity index (χ2v) is 4.47. The predicted molar refractivity (Wildman–Crippen MR) is 48.7 cm³/mol. The normalized spacial score (nSPS) is 27.9. The summed E-state index contributed by atoms with van der Waals surface area (Å²) in [6.45, 7) is 5.14. The Morgan fingerprint density at radius 2 is 2.07 bits per heavy atom.